The summed E-state index contributed by atoms with van der Waals surface area (Å²) in [5.41, 5.74) is 0.423. The smallest absolute Gasteiger partial charge is 0.338 e. The normalized spacial score (nSPS) is 21.7. The van der Waals surface area contributed by atoms with Crippen LogP contribution in [0.3, 0.4) is 0 Å². The standard InChI is InChI=1S/C16H22O5/c1-18-12-8-11(9-13(10-12)19-2)16(17)21-15-7-5-4-6-14(15)20-3/h8-10,14-15H,4-7H2,1-3H3/t14-,15+/m1/s1. The summed E-state index contributed by atoms with van der Waals surface area (Å²) in [7, 11) is 4.75. The zero-order chi connectivity index (χ0) is 15.2. The molecular formula is C16H22O5. The molecule has 1 saturated carbocycles. The molecule has 0 N–H and O–H groups in total. The quantitative estimate of drug-likeness (QED) is 0.782. The average Bonchev–Trinajstić information content (AvgIpc) is 2.54. The van der Waals surface area contributed by atoms with Crippen molar-refractivity contribution in [3.63, 3.8) is 0 Å². The molecule has 1 aromatic rings. The average molecular weight is 294 g/mol. The second-order valence-corrected chi connectivity index (χ2v) is 5.10. The maximum absolute atomic E-state index is 12.3. The van der Waals surface area contributed by atoms with E-state index in [1.54, 1.807) is 39.5 Å². The lowest BCUT2D eigenvalue weighted by molar-refractivity contribution is -0.0539. The number of carbonyl (C=O) groups is 1. The van der Waals surface area contributed by atoms with Gasteiger partial charge in [0, 0.05) is 13.2 Å². The van der Waals surface area contributed by atoms with Gasteiger partial charge in [0.1, 0.15) is 17.6 Å². The third kappa shape index (κ3) is 3.88. The van der Waals surface area contributed by atoms with Crippen LogP contribution >= 0.6 is 0 Å². The molecule has 1 aliphatic carbocycles. The maximum Gasteiger partial charge on any atom is 0.338 e. The van der Waals surface area contributed by atoms with E-state index in [1.807, 2.05) is 0 Å². The summed E-state index contributed by atoms with van der Waals surface area (Å²) in [4.78, 5) is 12.3. The first kappa shape index (κ1) is 15.6. The molecule has 1 fully saturated rings. The van der Waals surface area contributed by atoms with Gasteiger partial charge in [0.05, 0.1) is 25.9 Å². The van der Waals surface area contributed by atoms with E-state index >= 15 is 0 Å². The Kier molecular flexibility index (Phi) is 5.44. The van der Waals surface area contributed by atoms with E-state index in [2.05, 4.69) is 0 Å². The predicted octanol–water partition coefficient (Wildman–Crippen LogP) is 2.82. The SMILES string of the molecule is COc1cc(OC)cc(C(=O)O[C@H]2CCCC[C@H]2OC)c1. The van der Waals surface area contributed by atoms with Crippen LogP contribution < -0.4 is 9.47 Å². The molecular weight excluding hydrogens is 272 g/mol. The molecule has 0 bridgehead atoms. The number of esters is 1. The van der Waals surface area contributed by atoms with Crippen molar-refractivity contribution in [3.8, 4) is 11.5 Å². The maximum atomic E-state index is 12.3. The van der Waals surface area contributed by atoms with Gasteiger partial charge in [-0.1, -0.05) is 6.42 Å². The summed E-state index contributed by atoms with van der Waals surface area (Å²) >= 11 is 0. The number of hydrogen-bond acceptors (Lipinski definition) is 5. The Morgan fingerprint density at radius 1 is 0.952 bits per heavy atom. The summed E-state index contributed by atoms with van der Waals surface area (Å²) in [6, 6.07) is 5.01. The van der Waals surface area contributed by atoms with Crippen molar-refractivity contribution >= 4 is 5.97 Å². The molecule has 21 heavy (non-hydrogen) atoms. The first-order chi connectivity index (χ1) is 10.2. The second-order valence-electron chi connectivity index (χ2n) is 5.10. The van der Waals surface area contributed by atoms with E-state index in [4.69, 9.17) is 18.9 Å². The van der Waals surface area contributed by atoms with E-state index < -0.39 is 0 Å². The van der Waals surface area contributed by atoms with Gasteiger partial charge >= 0.3 is 5.97 Å². The molecule has 2 atom stereocenters. The highest BCUT2D eigenvalue weighted by Gasteiger charge is 2.28. The molecule has 5 nitrogen and oxygen atoms in total. The molecule has 0 unspecified atom stereocenters. The number of ether oxygens (including phenoxy) is 4. The second kappa shape index (κ2) is 7.31. The summed E-state index contributed by atoms with van der Waals surface area (Å²) in [6.45, 7) is 0. The van der Waals surface area contributed by atoms with Gasteiger partial charge < -0.3 is 18.9 Å². The van der Waals surface area contributed by atoms with Gasteiger partial charge in [-0.3, -0.25) is 0 Å². The number of carbonyl (C=O) groups excluding carboxylic acids is 1. The Hall–Kier alpha value is -1.75. The van der Waals surface area contributed by atoms with Crippen molar-refractivity contribution < 1.29 is 23.7 Å². The minimum atomic E-state index is -0.374. The minimum absolute atomic E-state index is 0.0183. The van der Waals surface area contributed by atoms with Crippen LogP contribution in [0.5, 0.6) is 11.5 Å². The fraction of sp³-hybridized carbons (Fsp3) is 0.562. The summed E-state index contributed by atoms with van der Waals surface area (Å²) in [5, 5.41) is 0. The van der Waals surface area contributed by atoms with E-state index in [0.717, 1.165) is 25.7 Å². The molecule has 0 saturated heterocycles. The van der Waals surface area contributed by atoms with Crippen LogP contribution in [0.25, 0.3) is 0 Å². The van der Waals surface area contributed by atoms with Crippen LogP contribution in [0.15, 0.2) is 18.2 Å². The van der Waals surface area contributed by atoms with Crippen LogP contribution in [-0.4, -0.2) is 39.5 Å². The van der Waals surface area contributed by atoms with Gasteiger partial charge in [-0.2, -0.15) is 0 Å². The monoisotopic (exact) mass is 294 g/mol. The highest BCUT2D eigenvalue weighted by atomic mass is 16.6. The van der Waals surface area contributed by atoms with E-state index in [-0.39, 0.29) is 18.2 Å². The van der Waals surface area contributed by atoms with Gasteiger partial charge in [0.25, 0.3) is 0 Å². The first-order valence-electron chi connectivity index (χ1n) is 7.14. The molecule has 1 aliphatic rings. The molecule has 0 aliphatic heterocycles. The van der Waals surface area contributed by atoms with Crippen molar-refractivity contribution in [1.82, 2.24) is 0 Å². The first-order valence-corrected chi connectivity index (χ1v) is 7.14. The molecule has 5 heteroatoms. The van der Waals surface area contributed by atoms with Gasteiger partial charge in [0.15, 0.2) is 0 Å². The molecule has 116 valence electrons. The zero-order valence-corrected chi connectivity index (χ0v) is 12.8. The number of benzene rings is 1. The number of hydrogen-bond donors (Lipinski definition) is 0. The van der Waals surface area contributed by atoms with E-state index in [0.29, 0.717) is 17.1 Å². The van der Waals surface area contributed by atoms with E-state index in [1.165, 1.54) is 0 Å². The Morgan fingerprint density at radius 2 is 1.52 bits per heavy atom. The van der Waals surface area contributed by atoms with Gasteiger partial charge in [0.2, 0.25) is 0 Å². The number of methoxy groups -OCH3 is 3. The Bertz CT molecular complexity index is 463. The molecule has 0 aromatic heterocycles. The third-order valence-electron chi connectivity index (χ3n) is 3.79. The largest absolute Gasteiger partial charge is 0.497 e. The van der Waals surface area contributed by atoms with Crippen molar-refractivity contribution in [1.29, 1.82) is 0 Å². The van der Waals surface area contributed by atoms with Crippen LogP contribution in [0.4, 0.5) is 0 Å². The minimum Gasteiger partial charge on any atom is -0.497 e. The topological polar surface area (TPSA) is 54.0 Å². The van der Waals surface area contributed by atoms with Crippen LogP contribution in [0, 0.1) is 0 Å². The molecule has 0 radical (unpaired) electrons. The third-order valence-corrected chi connectivity index (χ3v) is 3.79. The zero-order valence-electron chi connectivity index (χ0n) is 12.8. The number of rotatable bonds is 5. The molecule has 1 aromatic carbocycles. The molecule has 0 heterocycles. The Balaban J connectivity index is 2.12. The fourth-order valence-corrected chi connectivity index (χ4v) is 2.60. The highest BCUT2D eigenvalue weighted by Crippen LogP contribution is 2.27. The molecule has 2 rings (SSSR count). The van der Waals surface area contributed by atoms with Gasteiger partial charge in [-0.15, -0.1) is 0 Å². The Labute approximate surface area is 125 Å². The Morgan fingerprint density at radius 3 is 2.05 bits per heavy atom. The van der Waals surface area contributed by atoms with Crippen LogP contribution in [0.2, 0.25) is 0 Å². The van der Waals surface area contributed by atoms with Crippen LogP contribution in [0.1, 0.15) is 36.0 Å². The van der Waals surface area contributed by atoms with E-state index in [9.17, 15) is 4.79 Å². The lowest BCUT2D eigenvalue weighted by Crippen LogP contribution is -2.35. The lowest BCUT2D eigenvalue weighted by Gasteiger charge is -2.29. The highest BCUT2D eigenvalue weighted by molar-refractivity contribution is 5.90. The summed E-state index contributed by atoms with van der Waals surface area (Å²) in [6.07, 6.45) is 3.73. The van der Waals surface area contributed by atoms with Crippen LogP contribution in [-0.2, 0) is 9.47 Å². The van der Waals surface area contributed by atoms with Gasteiger partial charge in [-0.25, -0.2) is 4.79 Å². The van der Waals surface area contributed by atoms with Gasteiger partial charge in [-0.05, 0) is 31.4 Å². The summed E-state index contributed by atoms with van der Waals surface area (Å²) < 4.78 is 21.3. The summed E-state index contributed by atoms with van der Waals surface area (Å²) in [5.74, 6) is 0.752. The fourth-order valence-electron chi connectivity index (χ4n) is 2.60. The van der Waals surface area contributed by atoms with Crippen molar-refractivity contribution in [2.75, 3.05) is 21.3 Å². The lowest BCUT2D eigenvalue weighted by atomic mass is 9.94. The van der Waals surface area contributed by atoms with Crippen molar-refractivity contribution in [3.05, 3.63) is 23.8 Å². The molecule has 0 amide bonds. The van der Waals surface area contributed by atoms with Crippen molar-refractivity contribution in [2.24, 2.45) is 0 Å². The van der Waals surface area contributed by atoms with Crippen molar-refractivity contribution in [2.45, 2.75) is 37.9 Å². The molecule has 0 spiro atoms. The predicted molar refractivity (Wildman–Crippen MR) is 78.0 cm³/mol.